The van der Waals surface area contributed by atoms with Gasteiger partial charge >= 0.3 is 17.9 Å². The Labute approximate surface area is 252 Å². The molecule has 45 heavy (non-hydrogen) atoms. The van der Waals surface area contributed by atoms with Crippen LogP contribution in [0.1, 0.15) is 31.1 Å². The molecule has 0 unspecified atom stereocenters. The van der Waals surface area contributed by atoms with E-state index in [-0.39, 0.29) is 50.8 Å². The van der Waals surface area contributed by atoms with Crippen LogP contribution in [0.15, 0.2) is 91.0 Å². The largest absolute Gasteiger partial charge is 0.872 e. The first-order valence-corrected chi connectivity index (χ1v) is 12.8. The van der Waals surface area contributed by atoms with Crippen LogP contribution in [-0.4, -0.2) is 48.5 Å². The Kier molecular flexibility index (Phi) is 8.80. The second kappa shape index (κ2) is 12.7. The number of carboxylic acid groups (broad SMARTS) is 3. The molecule has 12 heteroatoms. The summed E-state index contributed by atoms with van der Waals surface area (Å²) in [4.78, 5) is 32.0. The van der Waals surface area contributed by atoms with Crippen molar-refractivity contribution in [2.45, 2.75) is 0 Å². The maximum Gasteiger partial charge on any atom is 0.335 e. The summed E-state index contributed by atoms with van der Waals surface area (Å²) in [5.74, 6) is -4.81. The Morgan fingerprint density at radius 1 is 0.467 bits per heavy atom. The van der Waals surface area contributed by atoms with Crippen molar-refractivity contribution in [1.29, 1.82) is 0 Å². The van der Waals surface area contributed by atoms with E-state index in [1.807, 2.05) is 0 Å². The number of phenols is 3. The Bertz CT molecular complexity index is 2100. The molecule has 0 fully saturated rings. The van der Waals surface area contributed by atoms with Crippen LogP contribution in [0.2, 0.25) is 0 Å². The highest BCUT2D eigenvalue weighted by Gasteiger charge is 2.09. The minimum absolute atomic E-state index is 0.00411. The predicted octanol–water partition coefficient (Wildman–Crippen LogP) is 3.95. The highest BCUT2D eigenvalue weighted by Crippen LogP contribution is 2.32. The Morgan fingerprint density at radius 2 is 0.978 bits per heavy atom. The normalized spacial score (nSPS) is 10.4. The molecule has 0 heterocycles. The van der Waals surface area contributed by atoms with Gasteiger partial charge in [0.05, 0.1) is 16.7 Å². The number of hydrogen-bond acceptors (Lipinski definition) is 9. The van der Waals surface area contributed by atoms with Crippen molar-refractivity contribution in [2.24, 2.45) is 0 Å². The van der Waals surface area contributed by atoms with Crippen molar-refractivity contribution in [3.8, 4) is 34.5 Å². The molecule has 12 nitrogen and oxygen atoms in total. The van der Waals surface area contributed by atoms with Gasteiger partial charge in [-0.15, -0.1) is 11.5 Å². The van der Waals surface area contributed by atoms with Gasteiger partial charge in [-0.2, -0.15) is 0 Å². The summed E-state index contributed by atoms with van der Waals surface area (Å²) >= 11 is 0. The molecule has 0 atom stereocenters. The molecule has 0 saturated heterocycles. The van der Waals surface area contributed by atoms with Crippen LogP contribution >= 0.6 is 0 Å². The Hall–Kier alpha value is -6.69. The number of aromatic hydroxyl groups is 3. The van der Waals surface area contributed by atoms with Gasteiger partial charge in [0.25, 0.3) is 0 Å². The summed E-state index contributed by atoms with van der Waals surface area (Å²) < 4.78 is 0. The second-order valence-electron chi connectivity index (χ2n) is 9.52. The van der Waals surface area contributed by atoms with Crippen LogP contribution in [0.3, 0.4) is 0 Å². The van der Waals surface area contributed by atoms with Gasteiger partial charge in [-0.25, -0.2) is 14.4 Å². The van der Waals surface area contributed by atoms with Crippen LogP contribution in [0.25, 0.3) is 32.3 Å². The van der Waals surface area contributed by atoms with Crippen molar-refractivity contribution >= 4 is 50.2 Å². The van der Waals surface area contributed by atoms with Gasteiger partial charge in [0.15, 0.2) is 0 Å². The molecule has 6 aromatic rings. The number of phenolic OH excluding ortho intramolecular Hbond substituents is 3. The molecular formula is C33H21O12-3. The maximum atomic E-state index is 11.5. The average Bonchev–Trinajstić information content (AvgIpc) is 2.97. The van der Waals surface area contributed by atoms with E-state index in [2.05, 4.69) is 0 Å². The minimum Gasteiger partial charge on any atom is -0.872 e. The van der Waals surface area contributed by atoms with Crippen molar-refractivity contribution < 1.29 is 60.3 Å². The topological polar surface area (TPSA) is 242 Å². The summed E-state index contributed by atoms with van der Waals surface area (Å²) in [6.45, 7) is 0. The van der Waals surface area contributed by atoms with Crippen LogP contribution in [0.4, 0.5) is 0 Å². The summed E-state index contributed by atoms with van der Waals surface area (Å²) in [7, 11) is 0. The third-order valence-electron chi connectivity index (χ3n) is 6.46. The van der Waals surface area contributed by atoms with E-state index in [4.69, 9.17) is 15.3 Å². The third kappa shape index (κ3) is 7.04. The molecule has 0 aliphatic rings. The number of rotatable bonds is 3. The van der Waals surface area contributed by atoms with Crippen LogP contribution < -0.4 is 15.3 Å². The standard InChI is InChI=1S/3C11H8O4/c12-8-1-2-9-6(4-8)3-7(11(14)15)5-10(9)13;12-8-2-1-6-3-7(11(14)15)4-10(13)9(6)5-8;12-8-3-1-2-6-4-7(11(14)15)5-9(13)10(6)8/h3*1-5,12-13H,(H,14,15)/p-3. The lowest BCUT2D eigenvalue weighted by Gasteiger charge is -2.11. The highest BCUT2D eigenvalue weighted by molar-refractivity contribution is 6.00. The molecular weight excluding hydrogens is 588 g/mol. The van der Waals surface area contributed by atoms with E-state index in [1.165, 1.54) is 66.7 Å². The summed E-state index contributed by atoms with van der Waals surface area (Å²) in [5, 5.41) is 90.7. The van der Waals surface area contributed by atoms with Gasteiger partial charge < -0.3 is 46.0 Å². The fourth-order valence-corrected chi connectivity index (χ4v) is 4.38. The van der Waals surface area contributed by atoms with Crippen LogP contribution in [0.5, 0.6) is 34.5 Å². The van der Waals surface area contributed by atoms with Gasteiger partial charge in [0.2, 0.25) is 0 Å². The molecule has 6 aromatic carbocycles. The number of carboxylic acids is 3. The monoisotopic (exact) mass is 609 g/mol. The number of hydrogen-bond donors (Lipinski definition) is 6. The molecule has 0 aromatic heterocycles. The number of benzene rings is 6. The molecule has 0 radical (unpaired) electrons. The van der Waals surface area contributed by atoms with E-state index in [9.17, 15) is 45.0 Å². The van der Waals surface area contributed by atoms with Gasteiger partial charge in [-0.1, -0.05) is 48.2 Å². The maximum absolute atomic E-state index is 11.5. The fourth-order valence-electron chi connectivity index (χ4n) is 4.38. The number of aromatic carboxylic acids is 3. The first-order chi connectivity index (χ1) is 21.2. The SMILES string of the molecule is O=C(O)c1cc(O)c2c([O-])cccc2c1.O=C(O)c1cc([O-])c2cc(O)ccc2c1.O=C(O)c1cc([O-])c2ccc(O)cc2c1. The van der Waals surface area contributed by atoms with Gasteiger partial charge in [-0.05, 0) is 75.5 Å². The highest BCUT2D eigenvalue weighted by atomic mass is 16.4. The zero-order valence-electron chi connectivity index (χ0n) is 22.8. The number of carbonyl (C=O) groups is 3. The van der Waals surface area contributed by atoms with E-state index in [1.54, 1.807) is 6.07 Å². The van der Waals surface area contributed by atoms with E-state index in [0.717, 1.165) is 18.2 Å². The van der Waals surface area contributed by atoms with Crippen molar-refractivity contribution in [1.82, 2.24) is 0 Å². The Balaban J connectivity index is 0.000000154. The molecule has 228 valence electrons. The molecule has 6 N–H and O–H groups in total. The lowest BCUT2D eigenvalue weighted by atomic mass is 10.1. The van der Waals surface area contributed by atoms with Crippen molar-refractivity contribution in [3.63, 3.8) is 0 Å². The second-order valence-corrected chi connectivity index (χ2v) is 9.52. The Morgan fingerprint density at radius 3 is 1.60 bits per heavy atom. The summed E-state index contributed by atoms with van der Waals surface area (Å²) in [6.07, 6.45) is 0. The lowest BCUT2D eigenvalue weighted by Crippen LogP contribution is -1.99. The van der Waals surface area contributed by atoms with Crippen molar-refractivity contribution in [2.75, 3.05) is 0 Å². The molecule has 0 aliphatic heterocycles. The van der Waals surface area contributed by atoms with E-state index in [0.29, 0.717) is 26.9 Å². The quantitative estimate of drug-likeness (QED) is 0.167. The predicted molar refractivity (Wildman–Crippen MR) is 156 cm³/mol. The van der Waals surface area contributed by atoms with Gasteiger partial charge in [-0.3, -0.25) is 0 Å². The van der Waals surface area contributed by atoms with Crippen molar-refractivity contribution in [3.05, 3.63) is 108 Å². The third-order valence-corrected chi connectivity index (χ3v) is 6.46. The summed E-state index contributed by atoms with van der Waals surface area (Å²) in [5.41, 5.74) is -0.151. The number of fused-ring (bicyclic) bond motifs is 3. The van der Waals surface area contributed by atoms with Gasteiger partial charge in [0.1, 0.15) is 17.2 Å². The lowest BCUT2D eigenvalue weighted by molar-refractivity contribution is -0.266. The first-order valence-electron chi connectivity index (χ1n) is 12.8. The molecule has 6 rings (SSSR count). The van der Waals surface area contributed by atoms with E-state index >= 15 is 0 Å². The molecule has 0 amide bonds. The average molecular weight is 610 g/mol. The first kappa shape index (κ1) is 31.3. The molecule has 0 bridgehead atoms. The minimum atomic E-state index is -1.16. The smallest absolute Gasteiger partial charge is 0.335 e. The zero-order valence-corrected chi connectivity index (χ0v) is 22.8. The summed E-state index contributed by atoms with van der Waals surface area (Å²) in [6, 6.07) is 20.2. The fraction of sp³-hybridized carbons (Fsp3) is 0. The molecule has 0 aliphatic carbocycles. The molecule has 0 spiro atoms. The van der Waals surface area contributed by atoms with Crippen LogP contribution in [0, 0.1) is 0 Å². The van der Waals surface area contributed by atoms with Gasteiger partial charge in [0, 0.05) is 5.39 Å². The van der Waals surface area contributed by atoms with E-state index < -0.39 is 23.7 Å². The zero-order chi connectivity index (χ0) is 33.0. The van der Waals surface area contributed by atoms with Crippen LogP contribution in [-0.2, 0) is 0 Å². The molecule has 0 saturated carbocycles.